The minimum Gasteiger partial charge on any atom is -0.481 e. The van der Waals surface area contributed by atoms with Crippen molar-refractivity contribution in [2.75, 3.05) is 5.32 Å². The number of carbonyl (C=O) groups is 1. The maximum absolute atomic E-state index is 10.6. The van der Waals surface area contributed by atoms with Gasteiger partial charge in [-0.3, -0.25) is 9.78 Å². The Morgan fingerprint density at radius 3 is 2.68 bits per heavy atom. The van der Waals surface area contributed by atoms with Gasteiger partial charge in [0.05, 0.1) is 17.2 Å². The van der Waals surface area contributed by atoms with Gasteiger partial charge < -0.3 is 10.4 Å². The summed E-state index contributed by atoms with van der Waals surface area (Å²) in [5.74, 6) is -0.131. The van der Waals surface area contributed by atoms with Gasteiger partial charge in [-0.05, 0) is 32.4 Å². The predicted molar refractivity (Wildman–Crippen MR) is 74.1 cm³/mol. The minimum atomic E-state index is -0.792. The fourth-order valence-electron chi connectivity index (χ4n) is 1.85. The second kappa shape index (κ2) is 5.22. The van der Waals surface area contributed by atoms with Gasteiger partial charge in [-0.1, -0.05) is 12.1 Å². The molecule has 0 bridgehead atoms. The number of carboxylic acids is 1. The Balaban J connectivity index is 2.13. The van der Waals surface area contributed by atoms with E-state index >= 15 is 0 Å². The first-order valence-corrected chi connectivity index (χ1v) is 6.18. The Bertz CT molecular complexity index is 596. The molecule has 1 aromatic heterocycles. The van der Waals surface area contributed by atoms with Crippen LogP contribution >= 0.6 is 0 Å². The Hall–Kier alpha value is -2.17. The van der Waals surface area contributed by atoms with Crippen LogP contribution in [0.4, 0.5) is 5.82 Å². The summed E-state index contributed by atoms with van der Waals surface area (Å²) in [7, 11) is 0. The van der Waals surface area contributed by atoms with E-state index in [9.17, 15) is 4.79 Å². The van der Waals surface area contributed by atoms with Crippen molar-refractivity contribution in [1.82, 2.24) is 9.97 Å². The number of fused-ring (bicyclic) bond motifs is 1. The Labute approximate surface area is 111 Å². The zero-order chi connectivity index (χ0) is 13.9. The number of aliphatic carboxylic acids is 1. The van der Waals surface area contributed by atoms with E-state index in [1.165, 1.54) is 0 Å². The van der Waals surface area contributed by atoms with Crippen molar-refractivity contribution in [3.05, 3.63) is 30.5 Å². The van der Waals surface area contributed by atoms with E-state index in [0.717, 1.165) is 11.0 Å². The first-order valence-electron chi connectivity index (χ1n) is 6.18. The standard InChI is InChI=1S/C14H17N3O2/c1-14(2,8-7-13(18)19)17-12-9-15-10-5-3-4-6-11(10)16-12/h3-6,9H,7-8H2,1-2H3,(H,16,17)(H,18,19). The first kappa shape index (κ1) is 13.3. The first-order chi connectivity index (χ1) is 8.96. The molecular weight excluding hydrogens is 242 g/mol. The highest BCUT2D eigenvalue weighted by atomic mass is 16.4. The van der Waals surface area contributed by atoms with Crippen molar-refractivity contribution in [1.29, 1.82) is 0 Å². The summed E-state index contributed by atoms with van der Waals surface area (Å²) < 4.78 is 0. The fraction of sp³-hybridized carbons (Fsp3) is 0.357. The molecule has 0 unspecified atom stereocenters. The van der Waals surface area contributed by atoms with Gasteiger partial charge in [0, 0.05) is 12.0 Å². The quantitative estimate of drug-likeness (QED) is 0.863. The maximum Gasteiger partial charge on any atom is 0.303 e. The molecule has 1 heterocycles. The Morgan fingerprint density at radius 2 is 2.00 bits per heavy atom. The maximum atomic E-state index is 10.6. The van der Waals surface area contributed by atoms with Crippen molar-refractivity contribution in [2.24, 2.45) is 0 Å². The van der Waals surface area contributed by atoms with E-state index in [2.05, 4.69) is 15.3 Å². The van der Waals surface area contributed by atoms with Crippen LogP contribution in [0.25, 0.3) is 11.0 Å². The SMILES string of the molecule is CC(C)(CCC(=O)O)Nc1cnc2ccccc2n1. The topological polar surface area (TPSA) is 75.1 Å². The van der Waals surface area contributed by atoms with Gasteiger partial charge in [-0.25, -0.2) is 4.98 Å². The summed E-state index contributed by atoms with van der Waals surface area (Å²) in [5, 5.41) is 12.0. The lowest BCUT2D eigenvalue weighted by Crippen LogP contribution is -2.32. The summed E-state index contributed by atoms with van der Waals surface area (Å²) >= 11 is 0. The molecule has 2 rings (SSSR count). The summed E-state index contributed by atoms with van der Waals surface area (Å²) in [4.78, 5) is 19.4. The number of anilines is 1. The third kappa shape index (κ3) is 3.64. The highest BCUT2D eigenvalue weighted by Gasteiger charge is 2.19. The molecule has 2 N–H and O–H groups in total. The molecule has 0 aliphatic heterocycles. The van der Waals surface area contributed by atoms with Crippen LogP contribution in [-0.2, 0) is 4.79 Å². The monoisotopic (exact) mass is 259 g/mol. The normalized spacial score (nSPS) is 11.5. The number of aromatic nitrogens is 2. The second-order valence-corrected chi connectivity index (χ2v) is 5.15. The molecule has 1 aromatic carbocycles. The van der Waals surface area contributed by atoms with E-state index < -0.39 is 5.97 Å². The molecule has 0 aliphatic rings. The zero-order valence-electron chi connectivity index (χ0n) is 11.1. The van der Waals surface area contributed by atoms with Crippen LogP contribution in [0.5, 0.6) is 0 Å². The van der Waals surface area contributed by atoms with E-state index in [-0.39, 0.29) is 12.0 Å². The van der Waals surface area contributed by atoms with E-state index in [1.54, 1.807) is 6.20 Å². The van der Waals surface area contributed by atoms with Gasteiger partial charge in [-0.15, -0.1) is 0 Å². The predicted octanol–water partition coefficient (Wildman–Crippen LogP) is 2.69. The minimum absolute atomic E-state index is 0.126. The van der Waals surface area contributed by atoms with Gasteiger partial charge in [-0.2, -0.15) is 0 Å². The van der Waals surface area contributed by atoms with Crippen molar-refractivity contribution < 1.29 is 9.90 Å². The third-order valence-electron chi connectivity index (χ3n) is 2.88. The average Bonchev–Trinajstić information content (AvgIpc) is 2.36. The third-order valence-corrected chi connectivity index (χ3v) is 2.88. The van der Waals surface area contributed by atoms with Crippen LogP contribution in [0.1, 0.15) is 26.7 Å². The molecule has 2 aromatic rings. The largest absolute Gasteiger partial charge is 0.481 e. The highest BCUT2D eigenvalue weighted by molar-refractivity contribution is 5.75. The highest BCUT2D eigenvalue weighted by Crippen LogP contribution is 2.19. The van der Waals surface area contributed by atoms with Gasteiger partial charge >= 0.3 is 5.97 Å². The van der Waals surface area contributed by atoms with Gasteiger partial charge in [0.15, 0.2) is 0 Å². The molecule has 0 radical (unpaired) electrons. The molecular formula is C14H17N3O2. The number of nitrogens with zero attached hydrogens (tertiary/aromatic N) is 2. The van der Waals surface area contributed by atoms with Gasteiger partial charge in [0.25, 0.3) is 0 Å². The summed E-state index contributed by atoms with van der Waals surface area (Å²) in [6.45, 7) is 3.90. The zero-order valence-corrected chi connectivity index (χ0v) is 11.1. The number of benzene rings is 1. The lowest BCUT2D eigenvalue weighted by molar-refractivity contribution is -0.137. The molecule has 0 spiro atoms. The van der Waals surface area contributed by atoms with Crippen LogP contribution in [-0.4, -0.2) is 26.6 Å². The molecule has 0 saturated carbocycles. The molecule has 0 aliphatic carbocycles. The number of carboxylic acid groups (broad SMARTS) is 1. The number of nitrogens with one attached hydrogen (secondary N) is 1. The van der Waals surface area contributed by atoms with Gasteiger partial charge in [0.2, 0.25) is 0 Å². The van der Waals surface area contributed by atoms with Crippen molar-refractivity contribution >= 4 is 22.8 Å². The van der Waals surface area contributed by atoms with Crippen LogP contribution in [0.15, 0.2) is 30.5 Å². The molecule has 5 heteroatoms. The molecule has 0 saturated heterocycles. The van der Waals surface area contributed by atoms with Crippen molar-refractivity contribution in [3.8, 4) is 0 Å². The molecule has 0 atom stereocenters. The van der Waals surface area contributed by atoms with Crippen LogP contribution in [0, 0.1) is 0 Å². The lowest BCUT2D eigenvalue weighted by Gasteiger charge is -2.26. The molecule has 19 heavy (non-hydrogen) atoms. The number of rotatable bonds is 5. The van der Waals surface area contributed by atoms with Crippen LogP contribution in [0.2, 0.25) is 0 Å². The van der Waals surface area contributed by atoms with Crippen molar-refractivity contribution in [3.63, 3.8) is 0 Å². The summed E-state index contributed by atoms with van der Waals surface area (Å²) in [6, 6.07) is 7.64. The van der Waals surface area contributed by atoms with Gasteiger partial charge in [0.1, 0.15) is 5.82 Å². The van der Waals surface area contributed by atoms with E-state index in [4.69, 9.17) is 5.11 Å². The average molecular weight is 259 g/mol. The summed E-state index contributed by atoms with van der Waals surface area (Å²) in [5.41, 5.74) is 1.33. The fourth-order valence-corrected chi connectivity index (χ4v) is 1.85. The van der Waals surface area contributed by atoms with Crippen LogP contribution < -0.4 is 5.32 Å². The number of hydrogen-bond donors (Lipinski definition) is 2. The Kier molecular flexibility index (Phi) is 3.64. The van der Waals surface area contributed by atoms with Crippen molar-refractivity contribution in [2.45, 2.75) is 32.2 Å². The lowest BCUT2D eigenvalue weighted by atomic mass is 9.98. The Morgan fingerprint density at radius 1 is 1.32 bits per heavy atom. The molecule has 0 fully saturated rings. The smallest absolute Gasteiger partial charge is 0.303 e. The molecule has 100 valence electrons. The van der Waals surface area contributed by atoms with E-state index in [0.29, 0.717) is 12.2 Å². The second-order valence-electron chi connectivity index (χ2n) is 5.15. The van der Waals surface area contributed by atoms with Crippen LogP contribution in [0.3, 0.4) is 0 Å². The molecule has 0 amide bonds. The van der Waals surface area contributed by atoms with E-state index in [1.807, 2.05) is 38.1 Å². The molecule has 5 nitrogen and oxygen atoms in total. The summed E-state index contributed by atoms with van der Waals surface area (Å²) in [6.07, 6.45) is 2.32. The number of hydrogen-bond acceptors (Lipinski definition) is 4. The number of para-hydroxylation sites is 2.